The minimum atomic E-state index is -0.185. The van der Waals surface area contributed by atoms with Gasteiger partial charge in [-0.2, -0.15) is 5.10 Å². The smallest absolute Gasteiger partial charge is 0.191 e. The van der Waals surface area contributed by atoms with Gasteiger partial charge in [0, 0.05) is 52.2 Å². The highest BCUT2D eigenvalue weighted by atomic mass is 19.1. The van der Waals surface area contributed by atoms with Crippen LogP contribution >= 0.6 is 0 Å². The Hall–Kier alpha value is -2.57. The molecule has 0 atom stereocenters. The zero-order valence-electron chi connectivity index (χ0n) is 15.9. The first-order valence-corrected chi connectivity index (χ1v) is 9.13. The Labute approximate surface area is 155 Å². The lowest BCUT2D eigenvalue weighted by Crippen LogP contribution is -2.37. The van der Waals surface area contributed by atoms with Gasteiger partial charge in [-0.3, -0.25) is 9.67 Å². The molecule has 0 unspecified atom stereocenters. The Morgan fingerprint density at radius 2 is 2.08 bits per heavy atom. The predicted molar refractivity (Wildman–Crippen MR) is 105 cm³/mol. The molecule has 1 heterocycles. The van der Waals surface area contributed by atoms with E-state index in [1.54, 1.807) is 19.3 Å². The third kappa shape index (κ3) is 5.75. The number of anilines is 1. The van der Waals surface area contributed by atoms with Gasteiger partial charge in [0.25, 0.3) is 0 Å². The lowest BCUT2D eigenvalue weighted by molar-refractivity contribution is 0.570. The fourth-order valence-electron chi connectivity index (χ4n) is 2.77. The van der Waals surface area contributed by atoms with Crippen molar-refractivity contribution in [3.63, 3.8) is 0 Å². The second-order valence-corrected chi connectivity index (χ2v) is 5.93. The van der Waals surface area contributed by atoms with E-state index >= 15 is 0 Å². The van der Waals surface area contributed by atoms with Crippen molar-refractivity contribution in [1.82, 2.24) is 20.4 Å². The van der Waals surface area contributed by atoms with Gasteiger partial charge in [-0.1, -0.05) is 6.07 Å². The van der Waals surface area contributed by atoms with Gasteiger partial charge in [-0.15, -0.1) is 0 Å². The molecule has 2 N–H and O–H groups in total. The average Bonchev–Trinajstić information content (AvgIpc) is 3.17. The number of nitrogens with zero attached hydrogens (tertiary/aromatic N) is 4. The molecule has 0 aliphatic carbocycles. The van der Waals surface area contributed by atoms with Crippen LogP contribution in [0.4, 0.5) is 10.1 Å². The Morgan fingerprint density at radius 1 is 1.27 bits per heavy atom. The lowest BCUT2D eigenvalue weighted by atomic mass is 10.2. The number of nitrogens with one attached hydrogen (secondary N) is 2. The normalized spacial score (nSPS) is 11.5. The maximum Gasteiger partial charge on any atom is 0.191 e. The summed E-state index contributed by atoms with van der Waals surface area (Å²) in [5, 5.41) is 10.7. The van der Waals surface area contributed by atoms with Crippen LogP contribution < -0.4 is 15.5 Å². The largest absolute Gasteiger partial charge is 0.370 e. The molecular formula is C19H29FN6. The fraction of sp³-hybridized carbons (Fsp3) is 0.474. The predicted octanol–water partition coefficient (Wildman–Crippen LogP) is 2.62. The molecule has 0 radical (unpaired) electrons. The zero-order valence-corrected chi connectivity index (χ0v) is 15.9. The average molecular weight is 360 g/mol. The second-order valence-electron chi connectivity index (χ2n) is 5.93. The summed E-state index contributed by atoms with van der Waals surface area (Å²) in [6.45, 7) is 7.80. The molecule has 0 aliphatic heterocycles. The molecule has 0 bridgehead atoms. The molecule has 0 fully saturated rings. The summed E-state index contributed by atoms with van der Waals surface area (Å²) in [5.41, 5.74) is 1.54. The van der Waals surface area contributed by atoms with Crippen LogP contribution in [-0.4, -0.2) is 42.4 Å². The van der Waals surface area contributed by atoms with Crippen molar-refractivity contribution >= 4 is 11.6 Å². The van der Waals surface area contributed by atoms with Gasteiger partial charge in [0.2, 0.25) is 0 Å². The molecule has 6 nitrogen and oxygen atoms in total. The van der Waals surface area contributed by atoms with Crippen molar-refractivity contribution in [3.05, 3.63) is 48.0 Å². The van der Waals surface area contributed by atoms with Crippen LogP contribution in [0.3, 0.4) is 0 Å². The highest BCUT2D eigenvalue weighted by Crippen LogP contribution is 2.20. The molecule has 0 aliphatic rings. The number of hydrogen-bond acceptors (Lipinski definition) is 3. The number of rotatable bonds is 9. The van der Waals surface area contributed by atoms with Crippen molar-refractivity contribution < 1.29 is 4.39 Å². The van der Waals surface area contributed by atoms with Crippen LogP contribution in [0.15, 0.2) is 41.7 Å². The van der Waals surface area contributed by atoms with Gasteiger partial charge >= 0.3 is 0 Å². The zero-order chi connectivity index (χ0) is 18.8. The molecule has 1 aromatic carbocycles. The van der Waals surface area contributed by atoms with E-state index in [0.717, 1.165) is 38.2 Å². The summed E-state index contributed by atoms with van der Waals surface area (Å²) in [5.74, 6) is 0.522. The van der Waals surface area contributed by atoms with Crippen molar-refractivity contribution in [2.24, 2.45) is 4.99 Å². The van der Waals surface area contributed by atoms with E-state index in [2.05, 4.69) is 20.7 Å². The van der Waals surface area contributed by atoms with Gasteiger partial charge in [0.05, 0.1) is 5.69 Å². The SMILES string of the molecule is CCN(CC)c1ccc(CNC(=NC)NCCCn2cccn2)cc1F. The summed E-state index contributed by atoms with van der Waals surface area (Å²) in [6.07, 6.45) is 4.66. The third-order valence-electron chi connectivity index (χ3n) is 4.22. The lowest BCUT2D eigenvalue weighted by Gasteiger charge is -2.22. The van der Waals surface area contributed by atoms with Gasteiger partial charge in [0.1, 0.15) is 5.82 Å². The van der Waals surface area contributed by atoms with Crippen LogP contribution in [-0.2, 0) is 13.1 Å². The first-order valence-electron chi connectivity index (χ1n) is 9.13. The van der Waals surface area contributed by atoms with E-state index in [9.17, 15) is 4.39 Å². The van der Waals surface area contributed by atoms with Crippen LogP contribution in [0.1, 0.15) is 25.8 Å². The van der Waals surface area contributed by atoms with Gasteiger partial charge in [-0.25, -0.2) is 4.39 Å². The highest BCUT2D eigenvalue weighted by Gasteiger charge is 2.09. The Bertz CT molecular complexity index is 679. The van der Waals surface area contributed by atoms with Crippen molar-refractivity contribution in [3.8, 4) is 0 Å². The minimum Gasteiger partial charge on any atom is -0.370 e. The van der Waals surface area contributed by atoms with Gasteiger partial charge < -0.3 is 15.5 Å². The molecule has 26 heavy (non-hydrogen) atoms. The van der Waals surface area contributed by atoms with Crippen LogP contribution in [0.25, 0.3) is 0 Å². The molecular weight excluding hydrogens is 331 g/mol. The highest BCUT2D eigenvalue weighted by molar-refractivity contribution is 5.79. The Morgan fingerprint density at radius 3 is 2.69 bits per heavy atom. The van der Waals surface area contributed by atoms with Crippen LogP contribution in [0, 0.1) is 5.82 Å². The molecule has 142 valence electrons. The Balaban J connectivity index is 1.79. The molecule has 2 aromatic rings. The number of aryl methyl sites for hydroxylation is 1. The molecule has 7 heteroatoms. The summed E-state index contributed by atoms with van der Waals surface area (Å²) in [7, 11) is 1.73. The van der Waals surface area contributed by atoms with Crippen molar-refractivity contribution in [2.45, 2.75) is 33.4 Å². The molecule has 0 saturated carbocycles. The molecule has 0 amide bonds. The van der Waals surface area contributed by atoms with E-state index in [4.69, 9.17) is 0 Å². The minimum absolute atomic E-state index is 0.185. The van der Waals surface area contributed by atoms with E-state index in [1.807, 2.05) is 47.8 Å². The molecule has 0 saturated heterocycles. The van der Waals surface area contributed by atoms with Gasteiger partial charge in [-0.05, 0) is 44.0 Å². The van der Waals surface area contributed by atoms with Crippen molar-refractivity contribution in [1.29, 1.82) is 0 Å². The van der Waals surface area contributed by atoms with E-state index < -0.39 is 0 Å². The number of hydrogen-bond donors (Lipinski definition) is 2. The first-order chi connectivity index (χ1) is 12.7. The van der Waals surface area contributed by atoms with Gasteiger partial charge in [0.15, 0.2) is 5.96 Å². The summed E-state index contributed by atoms with van der Waals surface area (Å²) in [6, 6.07) is 7.30. The fourth-order valence-corrected chi connectivity index (χ4v) is 2.77. The summed E-state index contributed by atoms with van der Waals surface area (Å²) >= 11 is 0. The quantitative estimate of drug-likeness (QED) is 0.410. The monoisotopic (exact) mass is 360 g/mol. The summed E-state index contributed by atoms with van der Waals surface area (Å²) in [4.78, 5) is 6.21. The number of benzene rings is 1. The number of aromatic nitrogens is 2. The topological polar surface area (TPSA) is 57.5 Å². The summed E-state index contributed by atoms with van der Waals surface area (Å²) < 4.78 is 16.2. The van der Waals surface area contributed by atoms with Crippen molar-refractivity contribution in [2.75, 3.05) is 31.6 Å². The van der Waals surface area contributed by atoms with E-state index in [0.29, 0.717) is 18.2 Å². The number of guanidine groups is 1. The number of halogens is 1. The maximum atomic E-state index is 14.3. The van der Waals surface area contributed by atoms with E-state index in [-0.39, 0.29) is 5.82 Å². The maximum absolute atomic E-state index is 14.3. The number of aliphatic imine (C=N–C) groups is 1. The first kappa shape index (κ1) is 19.8. The van der Waals surface area contributed by atoms with Crippen LogP contribution in [0.2, 0.25) is 0 Å². The third-order valence-corrected chi connectivity index (χ3v) is 4.22. The Kier molecular flexibility index (Phi) is 7.92. The second kappa shape index (κ2) is 10.4. The van der Waals surface area contributed by atoms with Crippen LogP contribution in [0.5, 0.6) is 0 Å². The standard InChI is InChI=1S/C19H29FN6/c1-4-25(5-2)18-9-8-16(14-17(18)20)15-23-19(21-3)22-10-6-12-26-13-7-11-24-26/h7-9,11,13-14H,4-6,10,12,15H2,1-3H3,(H2,21,22,23). The van der Waals surface area contributed by atoms with E-state index in [1.165, 1.54) is 0 Å². The molecule has 2 rings (SSSR count). The molecule has 0 spiro atoms. The molecule has 1 aromatic heterocycles.